The van der Waals surface area contributed by atoms with E-state index in [2.05, 4.69) is 4.57 Å². The van der Waals surface area contributed by atoms with Crippen molar-refractivity contribution in [2.45, 2.75) is 25.9 Å². The van der Waals surface area contributed by atoms with Gasteiger partial charge in [0.25, 0.3) is 5.91 Å². The molecule has 8 heteroatoms. The zero-order valence-electron chi connectivity index (χ0n) is 21.3. The van der Waals surface area contributed by atoms with Crippen molar-refractivity contribution in [3.63, 3.8) is 0 Å². The minimum absolute atomic E-state index is 0.123. The largest absolute Gasteiger partial charge is 0.497 e. The molecule has 1 atom stereocenters. The van der Waals surface area contributed by atoms with Gasteiger partial charge in [-0.05, 0) is 62.4 Å². The van der Waals surface area contributed by atoms with Crippen molar-refractivity contribution in [2.24, 2.45) is 0 Å². The number of para-hydroxylation sites is 2. The minimum atomic E-state index is -0.478. The van der Waals surface area contributed by atoms with Crippen LogP contribution in [0.5, 0.6) is 11.5 Å². The summed E-state index contributed by atoms with van der Waals surface area (Å²) < 4.78 is 18.6. The third-order valence-corrected chi connectivity index (χ3v) is 6.59. The van der Waals surface area contributed by atoms with Gasteiger partial charge in [-0.3, -0.25) is 14.5 Å². The van der Waals surface area contributed by atoms with Crippen molar-refractivity contribution in [1.82, 2.24) is 9.47 Å². The van der Waals surface area contributed by atoms with E-state index >= 15 is 0 Å². The van der Waals surface area contributed by atoms with Crippen LogP contribution >= 0.6 is 0 Å². The van der Waals surface area contributed by atoms with Crippen molar-refractivity contribution < 1.29 is 23.5 Å². The number of hydrogen-bond acceptors (Lipinski definition) is 5. The van der Waals surface area contributed by atoms with Crippen LogP contribution in [0.3, 0.4) is 0 Å². The van der Waals surface area contributed by atoms with Gasteiger partial charge in [-0.25, -0.2) is 0 Å². The topological polar surface area (TPSA) is 77.2 Å². The Labute approximate surface area is 215 Å². The molecule has 0 spiro atoms. The van der Waals surface area contributed by atoms with Gasteiger partial charge >= 0.3 is 0 Å². The predicted octanol–water partition coefficient (Wildman–Crippen LogP) is 5.07. The smallest absolute Gasteiger partial charge is 0.254 e. The van der Waals surface area contributed by atoms with Gasteiger partial charge in [0.1, 0.15) is 29.8 Å². The molecule has 4 aromatic rings. The molecule has 1 aliphatic heterocycles. The highest BCUT2D eigenvalue weighted by Crippen LogP contribution is 2.42. The lowest BCUT2D eigenvalue weighted by Crippen LogP contribution is -2.48. The van der Waals surface area contributed by atoms with Crippen LogP contribution < -0.4 is 14.4 Å². The summed E-state index contributed by atoms with van der Waals surface area (Å²) in [6.07, 6.45) is 3.58. The lowest BCUT2D eigenvalue weighted by molar-refractivity contribution is -0.120. The number of aromatic nitrogens is 1. The maximum Gasteiger partial charge on any atom is 0.254 e. The Kier molecular flexibility index (Phi) is 6.48. The summed E-state index contributed by atoms with van der Waals surface area (Å²) in [5.41, 5.74) is 2.92. The molecule has 37 heavy (non-hydrogen) atoms. The average molecular weight is 500 g/mol. The third-order valence-electron chi connectivity index (χ3n) is 6.59. The number of furan rings is 1. The second-order valence-electron chi connectivity index (χ2n) is 9.10. The molecule has 190 valence electrons. The van der Waals surface area contributed by atoms with Crippen LogP contribution in [0.15, 0.2) is 83.6 Å². The first-order chi connectivity index (χ1) is 17.9. The number of benzene rings is 2. The Morgan fingerprint density at radius 1 is 0.946 bits per heavy atom. The Morgan fingerprint density at radius 3 is 2.27 bits per heavy atom. The Hall–Kier alpha value is -4.46. The third kappa shape index (κ3) is 4.35. The Balaban J connectivity index is 1.54. The lowest BCUT2D eigenvalue weighted by atomic mass is 10.0. The number of rotatable bonds is 7. The average Bonchev–Trinajstić information content (AvgIpc) is 3.63. The quantitative estimate of drug-likeness (QED) is 0.355. The number of carbonyl (C=O) groups excluding carboxylic acids is 2. The molecule has 0 saturated carbocycles. The minimum Gasteiger partial charge on any atom is -0.497 e. The first-order valence-corrected chi connectivity index (χ1v) is 12.1. The van der Waals surface area contributed by atoms with Crippen LogP contribution in [0.25, 0.3) is 5.69 Å². The molecule has 2 aromatic carbocycles. The zero-order chi connectivity index (χ0) is 26.1. The van der Waals surface area contributed by atoms with Crippen LogP contribution in [0.4, 0.5) is 5.69 Å². The van der Waals surface area contributed by atoms with Crippen LogP contribution in [0.2, 0.25) is 0 Å². The molecule has 3 heterocycles. The number of methoxy groups -OCH3 is 2. The summed E-state index contributed by atoms with van der Waals surface area (Å²) >= 11 is 0. The monoisotopic (exact) mass is 499 g/mol. The second kappa shape index (κ2) is 9.89. The summed E-state index contributed by atoms with van der Waals surface area (Å²) in [6, 6.07) is 19.6. The summed E-state index contributed by atoms with van der Waals surface area (Å²) in [6.45, 7) is 3.66. The number of nitrogens with zero attached hydrogens (tertiary/aromatic N) is 3. The molecule has 1 aliphatic rings. The van der Waals surface area contributed by atoms with Crippen molar-refractivity contribution in [3.05, 3.63) is 96.2 Å². The van der Waals surface area contributed by atoms with Gasteiger partial charge in [-0.2, -0.15) is 0 Å². The van der Waals surface area contributed by atoms with E-state index in [-0.39, 0.29) is 24.4 Å². The van der Waals surface area contributed by atoms with E-state index in [0.29, 0.717) is 22.8 Å². The Morgan fingerprint density at radius 2 is 1.65 bits per heavy atom. The maximum absolute atomic E-state index is 14.1. The molecule has 0 radical (unpaired) electrons. The normalized spacial score (nSPS) is 14.2. The van der Waals surface area contributed by atoms with Gasteiger partial charge in [0.2, 0.25) is 5.91 Å². The number of hydrogen-bond donors (Lipinski definition) is 0. The second-order valence-corrected chi connectivity index (χ2v) is 9.10. The van der Waals surface area contributed by atoms with Crippen molar-refractivity contribution in [1.29, 1.82) is 0 Å². The van der Waals surface area contributed by atoms with E-state index < -0.39 is 6.04 Å². The van der Waals surface area contributed by atoms with E-state index in [1.807, 2.05) is 68.6 Å². The number of fused-ring (bicyclic) bond motifs is 3. The van der Waals surface area contributed by atoms with Crippen LogP contribution in [-0.2, 0) is 4.79 Å². The molecular formula is C29H29N3O5. The van der Waals surface area contributed by atoms with Crippen molar-refractivity contribution >= 4 is 17.5 Å². The van der Waals surface area contributed by atoms with Gasteiger partial charge in [0.15, 0.2) is 0 Å². The van der Waals surface area contributed by atoms with E-state index in [4.69, 9.17) is 13.9 Å². The first kappa shape index (κ1) is 24.2. The molecule has 2 aromatic heterocycles. The lowest BCUT2D eigenvalue weighted by Gasteiger charge is -2.38. The fourth-order valence-electron chi connectivity index (χ4n) is 4.78. The van der Waals surface area contributed by atoms with E-state index in [1.54, 1.807) is 34.3 Å². The zero-order valence-corrected chi connectivity index (χ0v) is 21.3. The first-order valence-electron chi connectivity index (χ1n) is 12.1. The number of anilines is 1. The van der Waals surface area contributed by atoms with Gasteiger partial charge in [0.05, 0.1) is 37.6 Å². The highest BCUT2D eigenvalue weighted by atomic mass is 16.5. The fourth-order valence-corrected chi connectivity index (χ4v) is 4.78. The van der Waals surface area contributed by atoms with Crippen LogP contribution in [0.1, 0.15) is 41.7 Å². The predicted molar refractivity (Wildman–Crippen MR) is 140 cm³/mol. The molecule has 8 nitrogen and oxygen atoms in total. The van der Waals surface area contributed by atoms with Crippen molar-refractivity contribution in [2.75, 3.05) is 25.7 Å². The SMILES string of the molecule is COc1cc(OC)cc(C(=O)N(CC(=O)N2c3ccccc3-n3cccc3C2c2ccco2)C(C)C)c1. The van der Waals surface area contributed by atoms with Gasteiger partial charge in [-0.1, -0.05) is 12.1 Å². The van der Waals surface area contributed by atoms with Crippen molar-refractivity contribution in [3.8, 4) is 17.2 Å². The van der Waals surface area contributed by atoms with E-state index in [1.165, 1.54) is 14.2 Å². The van der Waals surface area contributed by atoms with E-state index in [9.17, 15) is 9.59 Å². The highest BCUT2D eigenvalue weighted by Gasteiger charge is 2.38. The molecule has 5 rings (SSSR count). The van der Waals surface area contributed by atoms with Crippen LogP contribution in [0, 0.1) is 0 Å². The van der Waals surface area contributed by atoms with E-state index in [0.717, 1.165) is 17.1 Å². The summed E-state index contributed by atoms with van der Waals surface area (Å²) in [5, 5.41) is 0. The molecular weight excluding hydrogens is 470 g/mol. The molecule has 0 bridgehead atoms. The summed E-state index contributed by atoms with van der Waals surface area (Å²) in [7, 11) is 3.07. The highest BCUT2D eigenvalue weighted by molar-refractivity contribution is 6.03. The maximum atomic E-state index is 14.1. The van der Waals surface area contributed by atoms with Gasteiger partial charge < -0.3 is 23.4 Å². The summed E-state index contributed by atoms with van der Waals surface area (Å²) in [4.78, 5) is 31.1. The molecule has 0 fully saturated rings. The van der Waals surface area contributed by atoms with Gasteiger partial charge in [0, 0.05) is 23.9 Å². The number of ether oxygens (including phenoxy) is 2. The summed E-state index contributed by atoms with van der Waals surface area (Å²) in [5.74, 6) is 1.13. The van der Waals surface area contributed by atoms with Gasteiger partial charge in [-0.15, -0.1) is 0 Å². The fraction of sp³-hybridized carbons (Fsp3) is 0.241. The standard InChI is InChI=1S/C29H29N3O5/c1-19(2)31(29(34)20-15-21(35-3)17-22(16-20)36-4)18-27(33)32-24-10-6-5-9-23(24)30-13-7-11-25(30)28(32)26-12-8-14-37-26/h5-17,19,28H,18H2,1-4H3. The number of carbonyl (C=O) groups is 2. The molecule has 1 unspecified atom stereocenters. The molecule has 2 amide bonds. The number of amides is 2. The van der Waals surface area contributed by atoms with Crippen LogP contribution in [-0.4, -0.2) is 48.1 Å². The Bertz CT molecular complexity index is 1400. The molecule has 0 saturated heterocycles. The molecule has 0 aliphatic carbocycles. The molecule has 0 N–H and O–H groups in total.